The number of sulfonamides is 1. The molecule has 30 heavy (non-hydrogen) atoms. The van der Waals surface area contributed by atoms with Gasteiger partial charge in [-0.1, -0.05) is 30.3 Å². The summed E-state index contributed by atoms with van der Waals surface area (Å²) in [6, 6.07) is 12.1. The molecule has 3 rings (SSSR count). The summed E-state index contributed by atoms with van der Waals surface area (Å²) in [5.74, 6) is 0.566. The second-order valence-electron chi connectivity index (χ2n) is 8.33. The standard InChI is InChI=1S/C23H32N2O4S/c1-17-13-14-25(23(26)18(17)2)21(15-24-30(3,27)28)16-29-22-11-9-20(10-12-22)19-7-5-4-6-8-19/h4-8,13-14,20-22,24H,9-12,15-16H2,1-3H3/t20-,21-,22+/m1/s1. The summed E-state index contributed by atoms with van der Waals surface area (Å²) in [4.78, 5) is 12.7. The molecule has 0 unspecified atom stereocenters. The molecule has 1 aromatic carbocycles. The highest BCUT2D eigenvalue weighted by atomic mass is 32.2. The third-order valence-electron chi connectivity index (χ3n) is 6.08. The molecule has 0 aliphatic heterocycles. The van der Waals surface area contributed by atoms with Crippen molar-refractivity contribution in [3.05, 3.63) is 69.6 Å². The van der Waals surface area contributed by atoms with Crippen LogP contribution in [-0.4, -0.2) is 38.5 Å². The number of hydrogen-bond donors (Lipinski definition) is 1. The first-order valence-electron chi connectivity index (χ1n) is 10.5. The number of pyridine rings is 1. The average Bonchev–Trinajstić information content (AvgIpc) is 2.73. The van der Waals surface area contributed by atoms with E-state index >= 15 is 0 Å². The molecule has 1 aromatic heterocycles. The lowest BCUT2D eigenvalue weighted by atomic mass is 9.83. The third-order valence-corrected chi connectivity index (χ3v) is 6.77. The van der Waals surface area contributed by atoms with Crippen molar-refractivity contribution in [2.45, 2.75) is 57.6 Å². The summed E-state index contributed by atoms with van der Waals surface area (Å²) in [7, 11) is -3.36. The molecular formula is C23H32N2O4S. The fourth-order valence-corrected chi connectivity index (χ4v) is 4.55. The molecule has 6 nitrogen and oxygen atoms in total. The lowest BCUT2D eigenvalue weighted by molar-refractivity contribution is 0.00733. The first-order chi connectivity index (χ1) is 14.2. The number of rotatable bonds is 8. The molecule has 1 aliphatic carbocycles. The Bertz CT molecular complexity index is 994. The fraction of sp³-hybridized carbons (Fsp3) is 0.522. The summed E-state index contributed by atoms with van der Waals surface area (Å²) < 4.78 is 33.5. The highest BCUT2D eigenvalue weighted by Crippen LogP contribution is 2.34. The highest BCUT2D eigenvalue weighted by Gasteiger charge is 2.24. The van der Waals surface area contributed by atoms with Crippen LogP contribution in [0.3, 0.4) is 0 Å². The van der Waals surface area contributed by atoms with Gasteiger partial charge in [0.05, 0.1) is 25.0 Å². The molecule has 0 spiro atoms. The monoisotopic (exact) mass is 432 g/mol. The Kier molecular flexibility index (Phi) is 7.50. The van der Waals surface area contributed by atoms with E-state index in [0.29, 0.717) is 18.1 Å². The van der Waals surface area contributed by atoms with Crippen molar-refractivity contribution in [1.82, 2.24) is 9.29 Å². The number of hydrogen-bond acceptors (Lipinski definition) is 4. The zero-order valence-corrected chi connectivity index (χ0v) is 18.8. The fourth-order valence-electron chi connectivity index (χ4n) is 4.05. The number of benzene rings is 1. The average molecular weight is 433 g/mol. The molecule has 1 heterocycles. The van der Waals surface area contributed by atoms with Crippen molar-refractivity contribution in [2.75, 3.05) is 19.4 Å². The highest BCUT2D eigenvalue weighted by molar-refractivity contribution is 7.88. The van der Waals surface area contributed by atoms with Crippen LogP contribution in [-0.2, 0) is 14.8 Å². The van der Waals surface area contributed by atoms with E-state index < -0.39 is 16.1 Å². The Morgan fingerprint density at radius 3 is 2.40 bits per heavy atom. The van der Waals surface area contributed by atoms with E-state index in [1.54, 1.807) is 17.7 Å². The SMILES string of the molecule is Cc1ccn([C@H](CNS(C)(=O)=O)CO[C@H]2CC[C@@H](c3ccccc3)CC2)c(=O)c1C. The van der Waals surface area contributed by atoms with Crippen LogP contribution in [0.1, 0.15) is 54.3 Å². The van der Waals surface area contributed by atoms with Crippen molar-refractivity contribution >= 4 is 10.0 Å². The summed E-state index contributed by atoms with van der Waals surface area (Å²) in [6.45, 7) is 4.11. The molecule has 1 aliphatic rings. The van der Waals surface area contributed by atoms with Crippen LogP contribution in [0.2, 0.25) is 0 Å². The Labute approximate surface area is 179 Å². The number of ether oxygens (including phenoxy) is 1. The van der Waals surface area contributed by atoms with Gasteiger partial charge in [-0.05, 0) is 62.6 Å². The molecule has 164 valence electrons. The Balaban J connectivity index is 1.64. The van der Waals surface area contributed by atoms with E-state index in [4.69, 9.17) is 4.74 Å². The van der Waals surface area contributed by atoms with Gasteiger partial charge in [-0.25, -0.2) is 13.1 Å². The topological polar surface area (TPSA) is 77.4 Å². The molecule has 2 aromatic rings. The summed E-state index contributed by atoms with van der Waals surface area (Å²) in [6.07, 6.45) is 7.07. The van der Waals surface area contributed by atoms with Gasteiger partial charge in [0, 0.05) is 18.3 Å². The second-order valence-corrected chi connectivity index (χ2v) is 10.2. The molecule has 1 atom stereocenters. The normalized spacial score (nSPS) is 20.8. The zero-order valence-electron chi connectivity index (χ0n) is 18.0. The minimum Gasteiger partial charge on any atom is -0.376 e. The van der Waals surface area contributed by atoms with Crippen LogP contribution in [0.25, 0.3) is 0 Å². The van der Waals surface area contributed by atoms with Gasteiger partial charge in [0.1, 0.15) is 0 Å². The lowest BCUT2D eigenvalue weighted by Gasteiger charge is -2.30. The smallest absolute Gasteiger partial charge is 0.254 e. The van der Waals surface area contributed by atoms with E-state index in [0.717, 1.165) is 37.5 Å². The number of aryl methyl sites for hydroxylation is 1. The van der Waals surface area contributed by atoms with Crippen LogP contribution >= 0.6 is 0 Å². The van der Waals surface area contributed by atoms with Crippen molar-refractivity contribution in [3.8, 4) is 0 Å². The van der Waals surface area contributed by atoms with Crippen molar-refractivity contribution < 1.29 is 13.2 Å². The van der Waals surface area contributed by atoms with Crippen LogP contribution in [0.5, 0.6) is 0 Å². The second kappa shape index (κ2) is 9.90. The predicted molar refractivity (Wildman–Crippen MR) is 119 cm³/mol. The molecule has 0 bridgehead atoms. The first kappa shape index (κ1) is 22.7. The van der Waals surface area contributed by atoms with Crippen molar-refractivity contribution in [3.63, 3.8) is 0 Å². The molecular weight excluding hydrogens is 400 g/mol. The van der Waals surface area contributed by atoms with E-state index in [1.165, 1.54) is 5.56 Å². The molecule has 7 heteroatoms. The zero-order chi connectivity index (χ0) is 21.7. The van der Waals surface area contributed by atoms with E-state index in [2.05, 4.69) is 29.0 Å². The number of nitrogens with zero attached hydrogens (tertiary/aromatic N) is 1. The van der Waals surface area contributed by atoms with Gasteiger partial charge in [0.2, 0.25) is 10.0 Å². The quantitative estimate of drug-likeness (QED) is 0.694. The molecule has 0 saturated heterocycles. The summed E-state index contributed by atoms with van der Waals surface area (Å²) >= 11 is 0. The Morgan fingerprint density at radius 1 is 1.10 bits per heavy atom. The van der Waals surface area contributed by atoms with Crippen LogP contribution < -0.4 is 10.3 Å². The molecule has 0 radical (unpaired) electrons. The Morgan fingerprint density at radius 2 is 1.77 bits per heavy atom. The van der Waals surface area contributed by atoms with E-state index in [1.807, 2.05) is 19.1 Å². The van der Waals surface area contributed by atoms with Crippen molar-refractivity contribution in [1.29, 1.82) is 0 Å². The summed E-state index contributed by atoms with van der Waals surface area (Å²) in [5.41, 5.74) is 2.87. The van der Waals surface area contributed by atoms with Gasteiger partial charge < -0.3 is 9.30 Å². The van der Waals surface area contributed by atoms with Gasteiger partial charge in [-0.2, -0.15) is 0 Å². The van der Waals surface area contributed by atoms with Gasteiger partial charge >= 0.3 is 0 Å². The van der Waals surface area contributed by atoms with Gasteiger partial charge in [-0.3, -0.25) is 4.79 Å². The third kappa shape index (κ3) is 6.03. The summed E-state index contributed by atoms with van der Waals surface area (Å²) in [5, 5.41) is 0. The van der Waals surface area contributed by atoms with Crippen molar-refractivity contribution in [2.24, 2.45) is 0 Å². The largest absolute Gasteiger partial charge is 0.376 e. The van der Waals surface area contributed by atoms with Gasteiger partial charge in [-0.15, -0.1) is 0 Å². The number of nitrogens with one attached hydrogen (secondary N) is 1. The van der Waals surface area contributed by atoms with Crippen LogP contribution in [0.4, 0.5) is 0 Å². The Hall–Kier alpha value is -1.96. The minimum atomic E-state index is -3.36. The van der Waals surface area contributed by atoms with Crippen LogP contribution in [0, 0.1) is 13.8 Å². The maximum atomic E-state index is 12.7. The van der Waals surface area contributed by atoms with Crippen LogP contribution in [0.15, 0.2) is 47.4 Å². The van der Waals surface area contributed by atoms with E-state index in [9.17, 15) is 13.2 Å². The predicted octanol–water partition coefficient (Wildman–Crippen LogP) is 3.30. The van der Waals surface area contributed by atoms with E-state index in [-0.39, 0.29) is 18.2 Å². The maximum Gasteiger partial charge on any atom is 0.254 e. The first-order valence-corrected chi connectivity index (χ1v) is 12.4. The molecule has 0 amide bonds. The molecule has 1 fully saturated rings. The van der Waals surface area contributed by atoms with Gasteiger partial charge in [0.15, 0.2) is 0 Å². The van der Waals surface area contributed by atoms with Gasteiger partial charge in [0.25, 0.3) is 5.56 Å². The lowest BCUT2D eigenvalue weighted by Crippen LogP contribution is -2.38. The molecule has 1 saturated carbocycles. The maximum absolute atomic E-state index is 12.7. The minimum absolute atomic E-state index is 0.105. The molecule has 1 N–H and O–H groups in total. The number of aromatic nitrogens is 1.